The summed E-state index contributed by atoms with van der Waals surface area (Å²) in [6.45, 7) is 0. The van der Waals surface area contributed by atoms with Crippen molar-refractivity contribution in [3.8, 4) is 0 Å². The molecule has 0 aromatic heterocycles. The molecule has 1 aromatic carbocycles. The molecule has 3 atom stereocenters. The second-order valence-electron chi connectivity index (χ2n) is 4.06. The summed E-state index contributed by atoms with van der Waals surface area (Å²) in [6.07, 6.45) is 1.81. The van der Waals surface area contributed by atoms with Crippen molar-refractivity contribution in [2.75, 3.05) is 0 Å². The van der Waals surface area contributed by atoms with Gasteiger partial charge in [-0.2, -0.15) is 0 Å². The number of hydrogen-bond donors (Lipinski definition) is 0. The fourth-order valence-electron chi connectivity index (χ4n) is 2.45. The summed E-state index contributed by atoms with van der Waals surface area (Å²) in [7, 11) is 0. The summed E-state index contributed by atoms with van der Waals surface area (Å²) in [5.74, 6) is 0.449. The van der Waals surface area contributed by atoms with Gasteiger partial charge in [-0.15, -0.1) is 0 Å². The number of benzene rings is 1. The average molecular weight is 241 g/mol. The first-order valence-corrected chi connectivity index (χ1v) is 5.43. The van der Waals surface area contributed by atoms with Crippen LogP contribution in [0.2, 0.25) is 0 Å². The molecule has 0 spiro atoms. The third-order valence-corrected chi connectivity index (χ3v) is 4.54. The molecule has 0 bridgehead atoms. The van der Waals surface area contributed by atoms with E-state index >= 15 is 0 Å². The van der Waals surface area contributed by atoms with E-state index in [0.29, 0.717) is 0 Å². The molecule has 0 nitrogen and oxygen atoms in total. The Labute approximate surface area is 85.3 Å². The lowest BCUT2D eigenvalue weighted by Gasteiger charge is -2.12. The van der Waals surface area contributed by atoms with E-state index in [4.69, 9.17) is 0 Å². The molecular weight excluding hydrogens is 231 g/mol. The van der Waals surface area contributed by atoms with E-state index in [1.165, 1.54) is 11.1 Å². The predicted octanol–water partition coefficient (Wildman–Crippen LogP) is 3.09. The highest BCUT2D eigenvalue weighted by Gasteiger charge is 2.65. The first-order chi connectivity index (χ1) is 6.19. The van der Waals surface area contributed by atoms with Crippen LogP contribution >= 0.6 is 15.9 Å². The Morgan fingerprint density at radius 3 is 2.08 bits per heavy atom. The molecule has 1 aromatic rings. The Morgan fingerprint density at radius 1 is 1.15 bits per heavy atom. The Bertz CT molecular complexity index is 326. The maximum absolute atomic E-state index is 13.6. The summed E-state index contributed by atoms with van der Waals surface area (Å²) in [4.78, 5) is 0. The predicted molar refractivity (Wildman–Crippen MR) is 53.6 cm³/mol. The number of fused-ring (bicyclic) bond motifs is 2. The zero-order valence-corrected chi connectivity index (χ0v) is 8.72. The molecule has 2 aliphatic rings. The third kappa shape index (κ3) is 1.01. The normalized spacial score (nSPS) is 40.8. The summed E-state index contributed by atoms with van der Waals surface area (Å²) in [5.41, 5.74) is 2.67. The smallest absolute Gasteiger partial charge is 0.172 e. The maximum atomic E-state index is 13.6. The summed E-state index contributed by atoms with van der Waals surface area (Å²) >= 11 is 3.17. The summed E-state index contributed by atoms with van der Waals surface area (Å²) < 4.78 is 12.6. The molecule has 2 aliphatic carbocycles. The van der Waals surface area contributed by atoms with E-state index in [-0.39, 0.29) is 11.8 Å². The molecule has 0 heterocycles. The molecule has 1 unspecified atom stereocenters. The van der Waals surface area contributed by atoms with Crippen molar-refractivity contribution < 1.29 is 4.39 Å². The fourth-order valence-corrected chi connectivity index (χ4v) is 3.28. The van der Waals surface area contributed by atoms with Crippen LogP contribution in [0, 0.1) is 11.8 Å². The molecule has 0 N–H and O–H groups in total. The lowest BCUT2D eigenvalue weighted by atomic mass is 9.92. The van der Waals surface area contributed by atoms with Crippen LogP contribution in [0.25, 0.3) is 0 Å². The van der Waals surface area contributed by atoms with E-state index in [1.54, 1.807) is 0 Å². The second-order valence-corrected chi connectivity index (χ2v) is 5.28. The lowest BCUT2D eigenvalue weighted by molar-refractivity contribution is 0.399. The van der Waals surface area contributed by atoms with Gasteiger partial charge in [-0.25, -0.2) is 4.39 Å². The van der Waals surface area contributed by atoms with Gasteiger partial charge in [0.25, 0.3) is 0 Å². The minimum Gasteiger partial charge on any atom is -0.231 e. The van der Waals surface area contributed by atoms with Crippen molar-refractivity contribution in [3.05, 3.63) is 35.4 Å². The number of alkyl halides is 2. The van der Waals surface area contributed by atoms with Crippen molar-refractivity contribution in [2.45, 2.75) is 17.4 Å². The minimum absolute atomic E-state index is 0.224. The van der Waals surface area contributed by atoms with Crippen LogP contribution < -0.4 is 0 Å². The van der Waals surface area contributed by atoms with Gasteiger partial charge < -0.3 is 0 Å². The largest absolute Gasteiger partial charge is 0.231 e. The SMILES string of the molecule is FC1(Br)[C@@H]2Cc3ccccc3C[C@@H]21. The fraction of sp³-hybridized carbons (Fsp3) is 0.455. The summed E-state index contributed by atoms with van der Waals surface area (Å²) in [5, 5.41) is 0. The number of rotatable bonds is 0. The van der Waals surface area contributed by atoms with Crippen molar-refractivity contribution >= 4 is 15.9 Å². The van der Waals surface area contributed by atoms with Crippen LogP contribution in [0.4, 0.5) is 4.39 Å². The van der Waals surface area contributed by atoms with Crippen LogP contribution in [0.1, 0.15) is 11.1 Å². The van der Waals surface area contributed by atoms with Gasteiger partial charge in [0.05, 0.1) is 0 Å². The zero-order chi connectivity index (χ0) is 9.05. The molecule has 3 rings (SSSR count). The zero-order valence-electron chi connectivity index (χ0n) is 7.13. The third-order valence-electron chi connectivity index (χ3n) is 3.36. The highest BCUT2D eigenvalue weighted by molar-refractivity contribution is 9.10. The van der Waals surface area contributed by atoms with E-state index in [9.17, 15) is 4.39 Å². The first-order valence-electron chi connectivity index (χ1n) is 4.64. The van der Waals surface area contributed by atoms with Gasteiger partial charge >= 0.3 is 0 Å². The van der Waals surface area contributed by atoms with Gasteiger partial charge in [-0.3, -0.25) is 0 Å². The highest BCUT2D eigenvalue weighted by atomic mass is 79.9. The van der Waals surface area contributed by atoms with Gasteiger partial charge in [0.1, 0.15) is 0 Å². The Kier molecular flexibility index (Phi) is 1.44. The maximum Gasteiger partial charge on any atom is 0.172 e. The molecule has 13 heavy (non-hydrogen) atoms. The summed E-state index contributed by atoms with van der Waals surface area (Å²) in [6, 6.07) is 8.31. The molecule has 0 radical (unpaired) electrons. The van der Waals surface area contributed by atoms with E-state index in [2.05, 4.69) is 28.1 Å². The van der Waals surface area contributed by atoms with Crippen LogP contribution in [0.15, 0.2) is 24.3 Å². The van der Waals surface area contributed by atoms with E-state index in [0.717, 1.165) is 12.8 Å². The van der Waals surface area contributed by atoms with E-state index < -0.39 is 4.58 Å². The van der Waals surface area contributed by atoms with Crippen molar-refractivity contribution in [1.82, 2.24) is 0 Å². The molecular formula is C11H10BrF. The molecule has 1 fully saturated rings. The lowest BCUT2D eigenvalue weighted by Crippen LogP contribution is -2.04. The second kappa shape index (κ2) is 2.35. The van der Waals surface area contributed by atoms with Gasteiger partial charge in [-0.05, 0) is 39.9 Å². The molecule has 2 heteroatoms. The van der Waals surface area contributed by atoms with Crippen molar-refractivity contribution in [3.63, 3.8) is 0 Å². The van der Waals surface area contributed by atoms with Crippen molar-refractivity contribution in [1.29, 1.82) is 0 Å². The minimum atomic E-state index is -1.06. The van der Waals surface area contributed by atoms with E-state index in [1.807, 2.05) is 12.1 Å². The van der Waals surface area contributed by atoms with Crippen LogP contribution in [-0.4, -0.2) is 4.58 Å². The number of halogens is 2. The quantitative estimate of drug-likeness (QED) is 0.612. The van der Waals surface area contributed by atoms with Gasteiger partial charge in [0.2, 0.25) is 0 Å². The number of hydrogen-bond acceptors (Lipinski definition) is 0. The van der Waals surface area contributed by atoms with Gasteiger partial charge in [0, 0.05) is 11.8 Å². The van der Waals surface area contributed by atoms with Gasteiger partial charge in [-0.1, -0.05) is 24.3 Å². The van der Waals surface area contributed by atoms with Crippen LogP contribution in [0.3, 0.4) is 0 Å². The van der Waals surface area contributed by atoms with Crippen LogP contribution in [0.5, 0.6) is 0 Å². The highest BCUT2D eigenvalue weighted by Crippen LogP contribution is 2.63. The standard InChI is InChI=1S/C11H10BrF/c12-11(13)9-5-7-3-1-2-4-8(7)6-10(9)11/h1-4,9-10H,5-6H2/t9-,10+,11?. The van der Waals surface area contributed by atoms with Gasteiger partial charge in [0.15, 0.2) is 4.58 Å². The van der Waals surface area contributed by atoms with Crippen LogP contribution in [-0.2, 0) is 12.8 Å². The molecule has 1 saturated carbocycles. The Hall–Kier alpha value is -0.370. The van der Waals surface area contributed by atoms with Crippen molar-refractivity contribution in [2.24, 2.45) is 11.8 Å². The Balaban J connectivity index is 1.99. The Morgan fingerprint density at radius 2 is 1.62 bits per heavy atom. The molecule has 0 amide bonds. The molecule has 0 saturated heterocycles. The first kappa shape index (κ1) is 7.98. The molecule has 68 valence electrons. The molecule has 0 aliphatic heterocycles. The topological polar surface area (TPSA) is 0 Å². The monoisotopic (exact) mass is 240 g/mol. The average Bonchev–Trinajstić information content (AvgIpc) is 2.66.